The summed E-state index contributed by atoms with van der Waals surface area (Å²) in [5.74, 6) is 0.482. The molecule has 1 heterocycles. The summed E-state index contributed by atoms with van der Waals surface area (Å²) in [6, 6.07) is 27.0. The lowest BCUT2D eigenvalue weighted by molar-refractivity contribution is -0.143. The predicted octanol–water partition coefficient (Wildman–Crippen LogP) is 4.98. The SMILES string of the molecule is COC(=O)C(c1ccccc1)n1ccc2c(OCc3ccccc3)cccc21. The van der Waals surface area contributed by atoms with Gasteiger partial charge in [0.05, 0.1) is 12.6 Å². The smallest absolute Gasteiger partial charge is 0.333 e. The minimum absolute atomic E-state index is 0.306. The lowest BCUT2D eigenvalue weighted by Crippen LogP contribution is -2.21. The highest BCUT2D eigenvalue weighted by Gasteiger charge is 2.24. The van der Waals surface area contributed by atoms with Gasteiger partial charge < -0.3 is 14.0 Å². The van der Waals surface area contributed by atoms with E-state index in [0.717, 1.165) is 27.8 Å². The standard InChI is InChI=1S/C24H21NO3/c1-27-24(26)23(19-11-6-3-7-12-19)25-16-15-20-21(25)13-8-14-22(20)28-17-18-9-4-2-5-10-18/h2-16,23H,17H2,1H3. The maximum atomic E-state index is 12.6. The van der Waals surface area contributed by atoms with Crippen molar-refractivity contribution in [3.05, 3.63) is 102 Å². The van der Waals surface area contributed by atoms with E-state index >= 15 is 0 Å². The highest BCUT2D eigenvalue weighted by molar-refractivity contribution is 5.89. The minimum atomic E-state index is -0.548. The molecule has 0 spiro atoms. The van der Waals surface area contributed by atoms with Gasteiger partial charge >= 0.3 is 5.97 Å². The number of hydrogen-bond acceptors (Lipinski definition) is 3. The maximum Gasteiger partial charge on any atom is 0.333 e. The second kappa shape index (κ2) is 8.01. The third-order valence-corrected chi connectivity index (χ3v) is 4.78. The fourth-order valence-electron chi connectivity index (χ4n) is 3.40. The molecule has 0 bridgehead atoms. The monoisotopic (exact) mass is 371 g/mol. The Morgan fingerprint density at radius 2 is 1.61 bits per heavy atom. The van der Waals surface area contributed by atoms with Crippen LogP contribution in [-0.4, -0.2) is 17.6 Å². The molecule has 0 amide bonds. The zero-order valence-corrected chi connectivity index (χ0v) is 15.6. The summed E-state index contributed by atoms with van der Waals surface area (Å²) in [5, 5.41) is 0.961. The molecule has 1 aromatic heterocycles. The number of carbonyl (C=O) groups excluding carboxylic acids is 1. The molecule has 3 aromatic carbocycles. The summed E-state index contributed by atoms with van der Waals surface area (Å²) in [6.07, 6.45) is 1.91. The number of hydrogen-bond donors (Lipinski definition) is 0. The molecule has 0 fully saturated rings. The van der Waals surface area contributed by atoms with Gasteiger partial charge in [0, 0.05) is 11.6 Å². The van der Waals surface area contributed by atoms with Gasteiger partial charge in [-0.1, -0.05) is 66.7 Å². The third kappa shape index (κ3) is 3.49. The maximum absolute atomic E-state index is 12.6. The Labute approximate surface area is 163 Å². The number of methoxy groups -OCH3 is 1. The molecular formula is C24H21NO3. The van der Waals surface area contributed by atoms with Crippen LogP contribution in [0.15, 0.2) is 91.1 Å². The number of aromatic nitrogens is 1. The Hall–Kier alpha value is -3.53. The molecule has 0 radical (unpaired) electrons. The van der Waals surface area contributed by atoms with Gasteiger partial charge in [-0.15, -0.1) is 0 Å². The van der Waals surface area contributed by atoms with Crippen LogP contribution >= 0.6 is 0 Å². The molecule has 0 aliphatic heterocycles. The molecule has 140 valence electrons. The Morgan fingerprint density at radius 1 is 0.893 bits per heavy atom. The van der Waals surface area contributed by atoms with E-state index in [9.17, 15) is 4.79 Å². The van der Waals surface area contributed by atoms with Crippen LogP contribution in [0, 0.1) is 0 Å². The molecule has 1 unspecified atom stereocenters. The second-order valence-corrected chi connectivity index (χ2v) is 6.52. The van der Waals surface area contributed by atoms with E-state index in [0.29, 0.717) is 6.61 Å². The van der Waals surface area contributed by atoms with Crippen molar-refractivity contribution in [2.75, 3.05) is 7.11 Å². The molecule has 0 aliphatic carbocycles. The van der Waals surface area contributed by atoms with Crippen LogP contribution in [0.25, 0.3) is 10.9 Å². The van der Waals surface area contributed by atoms with Crippen molar-refractivity contribution in [3.63, 3.8) is 0 Å². The van der Waals surface area contributed by atoms with E-state index in [1.807, 2.05) is 95.7 Å². The summed E-state index contributed by atoms with van der Waals surface area (Å²) in [7, 11) is 1.42. The van der Waals surface area contributed by atoms with E-state index in [-0.39, 0.29) is 5.97 Å². The van der Waals surface area contributed by atoms with E-state index in [2.05, 4.69) is 0 Å². The van der Waals surface area contributed by atoms with Crippen LogP contribution in [0.5, 0.6) is 5.75 Å². The van der Waals surface area contributed by atoms with Crippen LogP contribution in [0.1, 0.15) is 17.2 Å². The molecule has 4 nitrogen and oxygen atoms in total. The first kappa shape index (κ1) is 17.9. The minimum Gasteiger partial charge on any atom is -0.488 e. The summed E-state index contributed by atoms with van der Waals surface area (Å²) < 4.78 is 13.1. The van der Waals surface area contributed by atoms with Crippen molar-refractivity contribution < 1.29 is 14.3 Å². The highest BCUT2D eigenvalue weighted by Crippen LogP contribution is 2.31. The molecule has 0 saturated carbocycles. The Morgan fingerprint density at radius 3 is 2.32 bits per heavy atom. The average Bonchev–Trinajstić information content (AvgIpc) is 3.18. The number of fused-ring (bicyclic) bond motifs is 1. The van der Waals surface area contributed by atoms with Crippen molar-refractivity contribution in [3.8, 4) is 5.75 Å². The van der Waals surface area contributed by atoms with E-state index in [1.165, 1.54) is 7.11 Å². The molecule has 0 N–H and O–H groups in total. The van der Waals surface area contributed by atoms with Gasteiger partial charge in [0.15, 0.2) is 6.04 Å². The highest BCUT2D eigenvalue weighted by atomic mass is 16.5. The first-order valence-corrected chi connectivity index (χ1v) is 9.17. The molecule has 1 atom stereocenters. The van der Waals surface area contributed by atoms with Gasteiger partial charge in [-0.25, -0.2) is 4.79 Å². The second-order valence-electron chi connectivity index (χ2n) is 6.52. The summed E-state index contributed by atoms with van der Waals surface area (Å²) in [5.41, 5.74) is 2.91. The molecule has 4 heteroatoms. The van der Waals surface area contributed by atoms with Crippen LogP contribution in [0.2, 0.25) is 0 Å². The molecule has 0 saturated heterocycles. The first-order valence-electron chi connectivity index (χ1n) is 9.17. The lowest BCUT2D eigenvalue weighted by atomic mass is 10.1. The third-order valence-electron chi connectivity index (χ3n) is 4.78. The summed E-state index contributed by atoms with van der Waals surface area (Å²) >= 11 is 0. The summed E-state index contributed by atoms with van der Waals surface area (Å²) in [4.78, 5) is 12.6. The van der Waals surface area contributed by atoms with Gasteiger partial charge in [-0.2, -0.15) is 0 Å². The number of ether oxygens (including phenoxy) is 2. The molecule has 0 aliphatic rings. The van der Waals surface area contributed by atoms with Crippen molar-refractivity contribution in [1.29, 1.82) is 0 Å². The van der Waals surface area contributed by atoms with Crippen LogP contribution in [0.4, 0.5) is 0 Å². The molecule has 4 rings (SSSR count). The number of benzene rings is 3. The van der Waals surface area contributed by atoms with Gasteiger partial charge in [-0.3, -0.25) is 0 Å². The zero-order chi connectivity index (χ0) is 19.3. The van der Waals surface area contributed by atoms with Gasteiger partial charge in [0.2, 0.25) is 0 Å². The number of nitrogens with zero attached hydrogens (tertiary/aromatic N) is 1. The van der Waals surface area contributed by atoms with Gasteiger partial charge in [0.1, 0.15) is 12.4 Å². The largest absolute Gasteiger partial charge is 0.488 e. The van der Waals surface area contributed by atoms with Crippen molar-refractivity contribution in [2.45, 2.75) is 12.6 Å². The number of carbonyl (C=O) groups is 1. The Kier molecular flexibility index (Phi) is 5.11. The van der Waals surface area contributed by atoms with Crippen LogP contribution < -0.4 is 4.74 Å². The van der Waals surface area contributed by atoms with E-state index in [1.54, 1.807) is 0 Å². The molecule has 4 aromatic rings. The normalized spacial score (nSPS) is 11.9. The van der Waals surface area contributed by atoms with Crippen molar-refractivity contribution >= 4 is 16.9 Å². The number of rotatable bonds is 6. The van der Waals surface area contributed by atoms with Crippen LogP contribution in [-0.2, 0) is 16.1 Å². The fraction of sp³-hybridized carbons (Fsp3) is 0.125. The fourth-order valence-corrected chi connectivity index (χ4v) is 3.40. The zero-order valence-electron chi connectivity index (χ0n) is 15.6. The van der Waals surface area contributed by atoms with E-state index < -0.39 is 6.04 Å². The first-order chi connectivity index (χ1) is 13.8. The predicted molar refractivity (Wildman–Crippen MR) is 109 cm³/mol. The Balaban J connectivity index is 1.71. The average molecular weight is 371 g/mol. The lowest BCUT2D eigenvalue weighted by Gasteiger charge is -2.18. The molecule has 28 heavy (non-hydrogen) atoms. The molecular weight excluding hydrogens is 350 g/mol. The summed E-state index contributed by atoms with van der Waals surface area (Å²) in [6.45, 7) is 0.490. The van der Waals surface area contributed by atoms with Crippen molar-refractivity contribution in [1.82, 2.24) is 4.57 Å². The van der Waals surface area contributed by atoms with Crippen LogP contribution in [0.3, 0.4) is 0 Å². The topological polar surface area (TPSA) is 40.5 Å². The number of esters is 1. The van der Waals surface area contributed by atoms with E-state index in [4.69, 9.17) is 9.47 Å². The Bertz CT molecular complexity index is 1070. The van der Waals surface area contributed by atoms with Crippen molar-refractivity contribution in [2.24, 2.45) is 0 Å². The quantitative estimate of drug-likeness (QED) is 0.449. The van der Waals surface area contributed by atoms with Gasteiger partial charge in [0.25, 0.3) is 0 Å². The van der Waals surface area contributed by atoms with Gasteiger partial charge in [-0.05, 0) is 29.3 Å².